The van der Waals surface area contributed by atoms with Gasteiger partial charge in [-0.1, -0.05) is 0 Å². The number of nitrogens with one attached hydrogen (secondary N) is 1. The first-order valence-electron chi connectivity index (χ1n) is 4.54. The van der Waals surface area contributed by atoms with Crippen LogP contribution >= 0.6 is 11.6 Å². The Morgan fingerprint density at radius 1 is 1.46 bits per heavy atom. The van der Waals surface area contributed by atoms with Gasteiger partial charge in [-0.2, -0.15) is 0 Å². The Morgan fingerprint density at radius 2 is 2.00 bits per heavy atom. The van der Waals surface area contributed by atoms with E-state index in [1.54, 1.807) is 13.8 Å². The summed E-state index contributed by atoms with van der Waals surface area (Å²) in [4.78, 5) is 0. The smallest absolute Gasteiger partial charge is 0.213 e. The zero-order valence-corrected chi connectivity index (χ0v) is 9.53. The zero-order chi connectivity index (χ0) is 10.1. The molecule has 0 aromatic heterocycles. The van der Waals surface area contributed by atoms with Gasteiger partial charge in [0.2, 0.25) is 10.0 Å². The lowest BCUT2D eigenvalue weighted by Crippen LogP contribution is -2.39. The van der Waals surface area contributed by atoms with Crippen LogP contribution in [0.2, 0.25) is 0 Å². The number of alkyl halides is 1. The molecule has 0 unspecified atom stereocenters. The first kappa shape index (κ1) is 11.3. The van der Waals surface area contributed by atoms with E-state index in [2.05, 4.69) is 4.72 Å². The maximum absolute atomic E-state index is 11.3. The molecule has 1 N–H and O–H groups in total. The highest BCUT2D eigenvalue weighted by Crippen LogP contribution is 2.31. The molecular formula is C8H16ClNO2S. The molecule has 0 heterocycles. The first-order chi connectivity index (χ1) is 5.92. The van der Waals surface area contributed by atoms with Gasteiger partial charge in [-0.3, -0.25) is 0 Å². The Bertz CT molecular complexity index is 257. The molecule has 13 heavy (non-hydrogen) atoms. The molecule has 0 atom stereocenters. The Morgan fingerprint density at radius 3 is 2.38 bits per heavy atom. The Balaban J connectivity index is 2.27. The summed E-state index contributed by atoms with van der Waals surface area (Å²) in [6.07, 6.45) is 1.87. The van der Waals surface area contributed by atoms with Crippen molar-refractivity contribution >= 4 is 21.6 Å². The summed E-state index contributed by atoms with van der Waals surface area (Å²) in [5, 5.41) is -0.0899. The molecule has 0 aromatic rings. The summed E-state index contributed by atoms with van der Waals surface area (Å²) in [5.41, 5.74) is 0. The van der Waals surface area contributed by atoms with E-state index in [9.17, 15) is 8.42 Å². The summed E-state index contributed by atoms with van der Waals surface area (Å²) in [6.45, 7) is 3.89. The van der Waals surface area contributed by atoms with Gasteiger partial charge in [0.05, 0.1) is 5.25 Å². The average Bonchev–Trinajstić information content (AvgIpc) is 1.95. The van der Waals surface area contributed by atoms with Gasteiger partial charge in [0.25, 0.3) is 0 Å². The molecule has 0 bridgehead atoms. The van der Waals surface area contributed by atoms with Crippen molar-refractivity contribution in [3.63, 3.8) is 0 Å². The van der Waals surface area contributed by atoms with Crippen LogP contribution in [0.3, 0.4) is 0 Å². The lowest BCUT2D eigenvalue weighted by molar-refractivity contribution is 0.323. The van der Waals surface area contributed by atoms with Crippen LogP contribution in [0.15, 0.2) is 0 Å². The average molecular weight is 226 g/mol. The van der Waals surface area contributed by atoms with E-state index in [4.69, 9.17) is 11.6 Å². The van der Waals surface area contributed by atoms with Crippen LogP contribution in [0.25, 0.3) is 0 Å². The van der Waals surface area contributed by atoms with E-state index in [0.29, 0.717) is 12.5 Å². The molecule has 1 aliphatic rings. The molecule has 5 heteroatoms. The second-order valence-electron chi connectivity index (χ2n) is 3.88. The fraction of sp³-hybridized carbons (Fsp3) is 1.00. The van der Waals surface area contributed by atoms with Crippen LogP contribution in [0.5, 0.6) is 0 Å². The van der Waals surface area contributed by atoms with E-state index in [1.807, 2.05) is 0 Å². The lowest BCUT2D eigenvalue weighted by Gasteiger charge is -2.31. The molecule has 1 saturated carbocycles. The fourth-order valence-corrected chi connectivity index (χ4v) is 2.53. The van der Waals surface area contributed by atoms with Crippen LogP contribution < -0.4 is 4.72 Å². The predicted molar refractivity (Wildman–Crippen MR) is 54.4 cm³/mol. The second kappa shape index (κ2) is 4.15. The molecule has 0 aromatic carbocycles. The van der Waals surface area contributed by atoms with Crippen molar-refractivity contribution in [2.45, 2.75) is 37.3 Å². The van der Waals surface area contributed by atoms with Crippen LogP contribution in [0, 0.1) is 5.92 Å². The van der Waals surface area contributed by atoms with Crippen molar-refractivity contribution in [2.24, 2.45) is 5.92 Å². The Labute approximate surface area is 84.9 Å². The van der Waals surface area contributed by atoms with Crippen LogP contribution in [0.1, 0.15) is 26.7 Å². The van der Waals surface area contributed by atoms with Crippen molar-refractivity contribution in [1.29, 1.82) is 0 Å². The minimum Gasteiger partial charge on any atom is -0.215 e. The summed E-state index contributed by atoms with van der Waals surface area (Å²) >= 11 is 5.78. The molecule has 0 radical (unpaired) electrons. The number of rotatable bonds is 4. The van der Waals surface area contributed by atoms with Crippen LogP contribution in [-0.4, -0.2) is 25.6 Å². The summed E-state index contributed by atoms with van der Waals surface area (Å²) in [6, 6.07) is 0. The lowest BCUT2D eigenvalue weighted by atomic mass is 9.85. The van der Waals surface area contributed by atoms with Gasteiger partial charge < -0.3 is 0 Å². The van der Waals surface area contributed by atoms with E-state index in [-0.39, 0.29) is 10.6 Å². The third kappa shape index (κ3) is 3.11. The third-order valence-corrected chi connectivity index (χ3v) is 4.54. The SMILES string of the molecule is CC(C)S(=O)(=O)NCC1CC(Cl)C1. The van der Waals surface area contributed by atoms with E-state index in [0.717, 1.165) is 12.8 Å². The molecule has 0 spiro atoms. The van der Waals surface area contributed by atoms with Crippen LogP contribution in [-0.2, 0) is 10.0 Å². The third-order valence-electron chi connectivity index (χ3n) is 2.37. The number of hydrogen-bond donors (Lipinski definition) is 1. The predicted octanol–water partition coefficient (Wildman–Crippen LogP) is 1.33. The van der Waals surface area contributed by atoms with Crippen molar-refractivity contribution in [1.82, 2.24) is 4.72 Å². The first-order valence-corrected chi connectivity index (χ1v) is 6.52. The summed E-state index contributed by atoms with van der Waals surface area (Å²) in [5.74, 6) is 0.441. The molecule has 78 valence electrons. The normalized spacial score (nSPS) is 28.9. The molecule has 1 rings (SSSR count). The van der Waals surface area contributed by atoms with E-state index in [1.165, 1.54) is 0 Å². The van der Waals surface area contributed by atoms with Gasteiger partial charge in [-0.15, -0.1) is 11.6 Å². The second-order valence-corrected chi connectivity index (χ2v) is 6.82. The van der Waals surface area contributed by atoms with E-state index >= 15 is 0 Å². The number of sulfonamides is 1. The maximum Gasteiger partial charge on any atom is 0.213 e. The molecule has 1 fully saturated rings. The van der Waals surface area contributed by atoms with E-state index < -0.39 is 10.0 Å². The molecule has 0 amide bonds. The highest BCUT2D eigenvalue weighted by Gasteiger charge is 2.28. The molecule has 3 nitrogen and oxygen atoms in total. The number of halogens is 1. The van der Waals surface area contributed by atoms with Gasteiger partial charge in [0.1, 0.15) is 0 Å². The van der Waals surface area contributed by atoms with Gasteiger partial charge in [-0.25, -0.2) is 13.1 Å². The Kier molecular flexibility index (Phi) is 3.60. The molecule has 0 saturated heterocycles. The molecular weight excluding hydrogens is 210 g/mol. The minimum atomic E-state index is -3.08. The zero-order valence-electron chi connectivity index (χ0n) is 7.96. The maximum atomic E-state index is 11.3. The summed E-state index contributed by atoms with van der Waals surface area (Å²) < 4.78 is 25.2. The van der Waals surface area contributed by atoms with Gasteiger partial charge >= 0.3 is 0 Å². The Hall–Kier alpha value is 0.200. The van der Waals surface area contributed by atoms with Crippen molar-refractivity contribution in [3.05, 3.63) is 0 Å². The largest absolute Gasteiger partial charge is 0.215 e. The van der Waals surface area contributed by atoms with Crippen molar-refractivity contribution < 1.29 is 8.42 Å². The van der Waals surface area contributed by atoms with Crippen molar-refractivity contribution in [2.75, 3.05) is 6.54 Å². The van der Waals surface area contributed by atoms with Gasteiger partial charge in [0, 0.05) is 11.9 Å². The van der Waals surface area contributed by atoms with Crippen LogP contribution in [0.4, 0.5) is 0 Å². The minimum absolute atomic E-state index is 0.258. The number of hydrogen-bond acceptors (Lipinski definition) is 2. The monoisotopic (exact) mass is 225 g/mol. The van der Waals surface area contributed by atoms with Crippen molar-refractivity contribution in [3.8, 4) is 0 Å². The molecule has 0 aliphatic heterocycles. The standard InChI is InChI=1S/C8H16ClNO2S/c1-6(2)13(11,12)10-5-7-3-8(9)4-7/h6-8,10H,3-5H2,1-2H3. The highest BCUT2D eigenvalue weighted by atomic mass is 35.5. The quantitative estimate of drug-likeness (QED) is 0.734. The van der Waals surface area contributed by atoms with Gasteiger partial charge in [-0.05, 0) is 32.6 Å². The topological polar surface area (TPSA) is 46.2 Å². The fourth-order valence-electron chi connectivity index (χ4n) is 1.22. The van der Waals surface area contributed by atoms with Gasteiger partial charge in [0.15, 0.2) is 0 Å². The summed E-state index contributed by atoms with van der Waals surface area (Å²) in [7, 11) is -3.08. The molecule has 1 aliphatic carbocycles. The highest BCUT2D eigenvalue weighted by molar-refractivity contribution is 7.90.